The summed E-state index contributed by atoms with van der Waals surface area (Å²) >= 11 is 1.32. The normalized spacial score (nSPS) is 10.2. The summed E-state index contributed by atoms with van der Waals surface area (Å²) in [5.41, 5.74) is 1.13. The van der Waals surface area contributed by atoms with E-state index in [2.05, 4.69) is 10.6 Å². The number of carbonyl (C=O) groups is 3. The highest BCUT2D eigenvalue weighted by atomic mass is 32.2. The Hall–Kier alpha value is -2.54. The summed E-state index contributed by atoms with van der Waals surface area (Å²) < 4.78 is 1.65. The molecule has 0 bridgehead atoms. The summed E-state index contributed by atoms with van der Waals surface area (Å²) in [5, 5.41) is 5.02. The fourth-order valence-corrected chi connectivity index (χ4v) is 2.61. The van der Waals surface area contributed by atoms with Gasteiger partial charge in [0.25, 0.3) is 5.91 Å². The number of nitrogens with one attached hydrogen (secondary N) is 2. The minimum Gasteiger partial charge on any atom is -0.347 e. The van der Waals surface area contributed by atoms with Gasteiger partial charge in [0, 0.05) is 30.8 Å². The van der Waals surface area contributed by atoms with Crippen molar-refractivity contribution >= 4 is 35.2 Å². The van der Waals surface area contributed by atoms with Gasteiger partial charge in [-0.15, -0.1) is 11.8 Å². The Bertz CT molecular complexity index is 722. The monoisotopic (exact) mass is 331 g/mol. The number of carbonyl (C=O) groups excluding carboxylic acids is 3. The molecule has 3 amide bonds. The highest BCUT2D eigenvalue weighted by Gasteiger charge is 2.12. The third-order valence-corrected chi connectivity index (χ3v) is 3.99. The van der Waals surface area contributed by atoms with E-state index in [1.807, 2.05) is 12.1 Å². The molecule has 1 heterocycles. The van der Waals surface area contributed by atoms with Crippen molar-refractivity contribution in [3.05, 3.63) is 48.3 Å². The van der Waals surface area contributed by atoms with Gasteiger partial charge in [0.15, 0.2) is 0 Å². The Labute approximate surface area is 138 Å². The predicted molar refractivity (Wildman–Crippen MR) is 89.4 cm³/mol. The van der Waals surface area contributed by atoms with E-state index in [1.54, 1.807) is 42.1 Å². The molecule has 1 aromatic carbocycles. The molecule has 0 atom stereocenters. The third-order valence-electron chi connectivity index (χ3n) is 2.97. The summed E-state index contributed by atoms with van der Waals surface area (Å²) in [6.45, 7) is 1.44. The van der Waals surface area contributed by atoms with Crippen LogP contribution in [-0.4, -0.2) is 28.0 Å². The number of hydrogen-bond acceptors (Lipinski definition) is 4. The molecule has 120 valence electrons. The zero-order valence-electron chi connectivity index (χ0n) is 12.8. The van der Waals surface area contributed by atoms with Crippen molar-refractivity contribution in [1.29, 1.82) is 0 Å². The molecule has 0 spiro atoms. The van der Waals surface area contributed by atoms with Crippen LogP contribution in [0.5, 0.6) is 0 Å². The number of benzene rings is 1. The molecule has 0 saturated heterocycles. The van der Waals surface area contributed by atoms with Crippen LogP contribution in [0.2, 0.25) is 0 Å². The maximum Gasteiger partial charge on any atom is 0.274 e. The van der Waals surface area contributed by atoms with Gasteiger partial charge in [-0.1, -0.05) is 0 Å². The zero-order chi connectivity index (χ0) is 16.8. The Morgan fingerprint density at radius 1 is 1.13 bits per heavy atom. The van der Waals surface area contributed by atoms with Crippen molar-refractivity contribution in [2.24, 2.45) is 7.05 Å². The highest BCUT2D eigenvalue weighted by molar-refractivity contribution is 8.00. The van der Waals surface area contributed by atoms with Crippen molar-refractivity contribution in [3.8, 4) is 0 Å². The van der Waals surface area contributed by atoms with E-state index in [-0.39, 0.29) is 17.6 Å². The van der Waals surface area contributed by atoms with Crippen molar-refractivity contribution in [2.75, 3.05) is 11.1 Å². The van der Waals surface area contributed by atoms with Gasteiger partial charge in [-0.3, -0.25) is 19.7 Å². The number of amides is 3. The first-order valence-corrected chi connectivity index (χ1v) is 7.90. The molecule has 0 unspecified atom stereocenters. The van der Waals surface area contributed by atoms with Crippen LogP contribution < -0.4 is 10.6 Å². The summed E-state index contributed by atoms with van der Waals surface area (Å²) in [6, 6.07) is 10.5. The molecule has 0 radical (unpaired) electrons. The average molecular weight is 331 g/mol. The fourth-order valence-electron chi connectivity index (χ4n) is 1.91. The van der Waals surface area contributed by atoms with Crippen molar-refractivity contribution in [2.45, 2.75) is 11.8 Å². The van der Waals surface area contributed by atoms with Gasteiger partial charge in [-0.2, -0.15) is 0 Å². The Morgan fingerprint density at radius 3 is 2.39 bits per heavy atom. The number of aryl methyl sites for hydroxylation is 1. The predicted octanol–water partition coefficient (Wildman–Crippen LogP) is 2.03. The zero-order valence-corrected chi connectivity index (χ0v) is 13.6. The van der Waals surface area contributed by atoms with E-state index in [4.69, 9.17) is 0 Å². The van der Waals surface area contributed by atoms with Crippen molar-refractivity contribution < 1.29 is 14.4 Å². The molecule has 2 N–H and O–H groups in total. The molecule has 6 nitrogen and oxygen atoms in total. The van der Waals surface area contributed by atoms with E-state index in [0.717, 1.165) is 4.90 Å². The summed E-state index contributed by atoms with van der Waals surface area (Å²) in [4.78, 5) is 35.5. The molecular weight excluding hydrogens is 314 g/mol. The smallest absolute Gasteiger partial charge is 0.274 e. The molecule has 2 aromatic rings. The van der Waals surface area contributed by atoms with Crippen LogP contribution in [0.3, 0.4) is 0 Å². The van der Waals surface area contributed by atoms with E-state index >= 15 is 0 Å². The van der Waals surface area contributed by atoms with Gasteiger partial charge in [0.1, 0.15) is 5.69 Å². The van der Waals surface area contributed by atoms with Gasteiger partial charge in [0.2, 0.25) is 11.8 Å². The fraction of sp³-hybridized carbons (Fsp3) is 0.188. The molecule has 0 aliphatic heterocycles. The molecule has 23 heavy (non-hydrogen) atoms. The quantitative estimate of drug-likeness (QED) is 0.822. The van der Waals surface area contributed by atoms with E-state index in [9.17, 15) is 14.4 Å². The maximum atomic E-state index is 11.9. The van der Waals surface area contributed by atoms with Crippen molar-refractivity contribution in [1.82, 2.24) is 9.88 Å². The standard InChI is InChI=1S/C16H17N3O3S/c1-11(20)17-12-5-7-13(8-6-12)23-10-15(21)18-16(22)14-4-3-9-19(14)2/h3-9H,10H2,1-2H3,(H,17,20)(H,18,21,22). The number of nitrogens with zero attached hydrogens (tertiary/aromatic N) is 1. The first-order valence-electron chi connectivity index (χ1n) is 6.91. The van der Waals surface area contributed by atoms with Crippen LogP contribution in [0.1, 0.15) is 17.4 Å². The van der Waals surface area contributed by atoms with Crippen LogP contribution in [0.15, 0.2) is 47.5 Å². The molecule has 2 rings (SSSR count). The Kier molecular flexibility index (Phi) is 5.59. The summed E-state index contributed by atoms with van der Waals surface area (Å²) in [7, 11) is 1.74. The minimum atomic E-state index is -0.413. The summed E-state index contributed by atoms with van der Waals surface area (Å²) in [5.74, 6) is -0.768. The first kappa shape index (κ1) is 16.8. The lowest BCUT2D eigenvalue weighted by Gasteiger charge is -2.06. The first-order chi connectivity index (χ1) is 11.0. The lowest BCUT2D eigenvalue weighted by Crippen LogP contribution is -2.32. The topological polar surface area (TPSA) is 80.2 Å². The molecule has 0 fully saturated rings. The second kappa shape index (κ2) is 7.64. The molecule has 0 saturated carbocycles. The van der Waals surface area contributed by atoms with Gasteiger partial charge in [-0.25, -0.2) is 0 Å². The van der Waals surface area contributed by atoms with Crippen LogP contribution in [0.4, 0.5) is 5.69 Å². The molecule has 1 aromatic heterocycles. The van der Waals surface area contributed by atoms with E-state index < -0.39 is 5.91 Å². The van der Waals surface area contributed by atoms with Gasteiger partial charge >= 0.3 is 0 Å². The highest BCUT2D eigenvalue weighted by Crippen LogP contribution is 2.20. The molecule has 0 aliphatic carbocycles. The van der Waals surface area contributed by atoms with E-state index in [1.165, 1.54) is 18.7 Å². The minimum absolute atomic E-state index is 0.135. The molecular formula is C16H17N3O3S. The number of hydrogen-bond donors (Lipinski definition) is 2. The second-order valence-electron chi connectivity index (χ2n) is 4.88. The van der Waals surface area contributed by atoms with Gasteiger partial charge < -0.3 is 9.88 Å². The number of rotatable bonds is 5. The van der Waals surface area contributed by atoms with Gasteiger partial charge in [0.05, 0.1) is 5.75 Å². The van der Waals surface area contributed by atoms with Crippen LogP contribution in [-0.2, 0) is 16.6 Å². The molecule has 0 aliphatic rings. The largest absolute Gasteiger partial charge is 0.347 e. The number of anilines is 1. The van der Waals surface area contributed by atoms with Crippen molar-refractivity contribution in [3.63, 3.8) is 0 Å². The Balaban J connectivity index is 1.83. The Morgan fingerprint density at radius 2 is 1.83 bits per heavy atom. The number of imide groups is 1. The number of aromatic nitrogens is 1. The van der Waals surface area contributed by atoms with Crippen LogP contribution in [0.25, 0.3) is 0 Å². The van der Waals surface area contributed by atoms with Crippen LogP contribution >= 0.6 is 11.8 Å². The average Bonchev–Trinajstić information content (AvgIpc) is 2.92. The SMILES string of the molecule is CC(=O)Nc1ccc(SCC(=O)NC(=O)c2cccn2C)cc1. The second-order valence-corrected chi connectivity index (χ2v) is 5.92. The summed E-state index contributed by atoms with van der Waals surface area (Å²) in [6.07, 6.45) is 1.74. The van der Waals surface area contributed by atoms with Gasteiger partial charge in [-0.05, 0) is 36.4 Å². The maximum absolute atomic E-state index is 11.9. The lowest BCUT2D eigenvalue weighted by molar-refractivity contribution is -0.117. The van der Waals surface area contributed by atoms with E-state index in [0.29, 0.717) is 11.4 Å². The van der Waals surface area contributed by atoms with Crippen LogP contribution in [0, 0.1) is 0 Å². The third kappa shape index (κ3) is 5.00. The lowest BCUT2D eigenvalue weighted by atomic mass is 10.3. The molecule has 7 heteroatoms. The number of thioether (sulfide) groups is 1.